The third-order valence-electron chi connectivity index (χ3n) is 8.24. The van der Waals surface area contributed by atoms with Gasteiger partial charge in [-0.15, -0.1) is 11.8 Å². The lowest BCUT2D eigenvalue weighted by Gasteiger charge is -2.14. The normalized spacial score (nSPS) is 11.4. The number of ether oxygens (including phenoxy) is 3. The Balaban J connectivity index is 0.000000228. The molecule has 0 amide bonds. The molecule has 2 aromatic heterocycles. The van der Waals surface area contributed by atoms with Gasteiger partial charge in [0, 0.05) is 42.9 Å². The summed E-state index contributed by atoms with van der Waals surface area (Å²) in [4.78, 5) is 21.5. The Morgan fingerprint density at radius 3 is 1.72 bits per heavy atom. The minimum absolute atomic E-state index is 0.0474. The standard InChI is InChI=1S/C21H16ClF3O5.C21H16ClF3O4S/c1-12-8-16(6-7-17(12)29-11-19(26)27)28-10-14-9-18(30-20(14)21(23,24)25)13-2-4-15(22)5-3-13;1-12-14(8-19(29-12)13-2-4-15(22)5-3-13)11-30-16-6-7-18(28-10-20(26)27)17(9-16)21(23,24)25/h2*2-9H,10-11H2,1H3,(H,26,27). The Morgan fingerprint density at radius 1 is 0.650 bits per heavy atom. The van der Waals surface area contributed by atoms with Gasteiger partial charge in [-0.25, -0.2) is 9.59 Å². The largest absolute Gasteiger partial charge is 0.489 e. The Labute approximate surface area is 352 Å². The quantitative estimate of drug-likeness (QED) is 0.0805. The minimum Gasteiger partial charge on any atom is -0.489 e. The molecule has 2 N–H and O–H groups in total. The lowest BCUT2D eigenvalue weighted by molar-refractivity contribution is -0.153. The number of alkyl halides is 6. The van der Waals surface area contributed by atoms with Gasteiger partial charge < -0.3 is 33.3 Å². The van der Waals surface area contributed by atoms with Gasteiger partial charge in [0.25, 0.3) is 0 Å². The first kappa shape index (κ1) is 45.4. The van der Waals surface area contributed by atoms with E-state index in [0.29, 0.717) is 54.8 Å². The molecule has 6 rings (SSSR count). The lowest BCUT2D eigenvalue weighted by Crippen LogP contribution is -2.14. The van der Waals surface area contributed by atoms with Crippen LogP contribution in [-0.2, 0) is 34.3 Å². The van der Waals surface area contributed by atoms with Crippen LogP contribution in [0.25, 0.3) is 22.6 Å². The molecule has 4 aromatic carbocycles. The number of carbonyl (C=O) groups is 2. The predicted octanol–water partition coefficient (Wildman–Crippen LogP) is 12.7. The highest BCUT2D eigenvalue weighted by molar-refractivity contribution is 7.98. The van der Waals surface area contributed by atoms with Crippen molar-refractivity contribution in [3.8, 4) is 39.9 Å². The van der Waals surface area contributed by atoms with Gasteiger partial charge in [0.2, 0.25) is 5.76 Å². The number of rotatable bonds is 14. The number of thioether (sulfide) groups is 1. The van der Waals surface area contributed by atoms with Gasteiger partial charge in [0.15, 0.2) is 13.2 Å². The number of carboxylic acid groups (broad SMARTS) is 2. The third-order valence-corrected chi connectivity index (χ3v) is 9.78. The van der Waals surface area contributed by atoms with Gasteiger partial charge >= 0.3 is 24.3 Å². The molecule has 0 bridgehead atoms. The topological polar surface area (TPSA) is 129 Å². The molecule has 0 saturated carbocycles. The molecule has 0 unspecified atom stereocenters. The van der Waals surface area contributed by atoms with E-state index in [-0.39, 0.29) is 17.9 Å². The number of aryl methyl sites for hydroxylation is 2. The molecule has 0 radical (unpaired) electrons. The number of carboxylic acids is 2. The highest BCUT2D eigenvalue weighted by atomic mass is 35.5. The number of furan rings is 2. The van der Waals surface area contributed by atoms with E-state index in [1.165, 1.54) is 36.0 Å². The summed E-state index contributed by atoms with van der Waals surface area (Å²) in [6, 6.07) is 24.6. The number of hydrogen-bond acceptors (Lipinski definition) is 8. The summed E-state index contributed by atoms with van der Waals surface area (Å²) in [6.45, 7) is 1.73. The van der Waals surface area contributed by atoms with Crippen molar-refractivity contribution < 1.29 is 69.2 Å². The highest BCUT2D eigenvalue weighted by Crippen LogP contribution is 2.41. The van der Waals surface area contributed by atoms with Gasteiger partial charge in [-0.05, 0) is 116 Å². The summed E-state index contributed by atoms with van der Waals surface area (Å²) >= 11 is 12.9. The average molecular weight is 898 g/mol. The maximum atomic E-state index is 13.4. The van der Waals surface area contributed by atoms with E-state index in [2.05, 4.69) is 0 Å². The molecule has 9 nitrogen and oxygen atoms in total. The van der Waals surface area contributed by atoms with Gasteiger partial charge in [0.1, 0.15) is 41.1 Å². The molecular formula is C42H32Cl2F6O9S. The van der Waals surface area contributed by atoms with Crippen LogP contribution >= 0.6 is 35.0 Å². The summed E-state index contributed by atoms with van der Waals surface area (Å²) in [5.74, 6) is -1.71. The van der Waals surface area contributed by atoms with Crippen LogP contribution in [-0.4, -0.2) is 35.4 Å². The zero-order chi connectivity index (χ0) is 43.8. The molecule has 0 saturated heterocycles. The van der Waals surface area contributed by atoms with Crippen molar-refractivity contribution in [3.05, 3.63) is 141 Å². The molecule has 0 atom stereocenters. The van der Waals surface area contributed by atoms with Crippen LogP contribution in [0.1, 0.15) is 33.8 Å². The molecule has 0 aliphatic rings. The summed E-state index contributed by atoms with van der Waals surface area (Å²) in [5, 5.41) is 18.4. The van der Waals surface area contributed by atoms with E-state index in [0.717, 1.165) is 23.3 Å². The monoisotopic (exact) mass is 896 g/mol. The molecule has 60 heavy (non-hydrogen) atoms. The highest BCUT2D eigenvalue weighted by Gasteiger charge is 2.39. The molecule has 2 heterocycles. The molecule has 18 heteroatoms. The molecule has 0 fully saturated rings. The summed E-state index contributed by atoms with van der Waals surface area (Å²) in [7, 11) is 0. The molecule has 316 valence electrons. The van der Waals surface area contributed by atoms with Crippen molar-refractivity contribution in [2.45, 2.75) is 43.5 Å². The van der Waals surface area contributed by atoms with Crippen LogP contribution < -0.4 is 14.2 Å². The van der Waals surface area contributed by atoms with E-state index in [1.54, 1.807) is 56.3 Å². The molecule has 0 spiro atoms. The fourth-order valence-electron chi connectivity index (χ4n) is 5.37. The maximum Gasteiger partial charge on any atom is 0.449 e. The summed E-state index contributed by atoms with van der Waals surface area (Å²) in [5.41, 5.74) is 1.56. The van der Waals surface area contributed by atoms with Crippen LogP contribution in [0.5, 0.6) is 17.2 Å². The van der Waals surface area contributed by atoms with Crippen molar-refractivity contribution in [1.82, 2.24) is 0 Å². The van der Waals surface area contributed by atoms with Crippen LogP contribution in [0.15, 0.2) is 111 Å². The number of aliphatic carboxylic acids is 2. The van der Waals surface area contributed by atoms with Crippen LogP contribution in [0.4, 0.5) is 26.3 Å². The third kappa shape index (κ3) is 12.6. The fourth-order valence-corrected chi connectivity index (χ4v) is 6.60. The second kappa shape index (κ2) is 19.6. The zero-order valence-corrected chi connectivity index (χ0v) is 33.6. The van der Waals surface area contributed by atoms with Gasteiger partial charge in [-0.3, -0.25) is 0 Å². The van der Waals surface area contributed by atoms with Gasteiger partial charge in [-0.1, -0.05) is 23.2 Å². The number of halogens is 8. The van der Waals surface area contributed by atoms with Crippen molar-refractivity contribution in [1.29, 1.82) is 0 Å². The van der Waals surface area contributed by atoms with E-state index in [1.807, 2.05) is 18.2 Å². The summed E-state index contributed by atoms with van der Waals surface area (Å²) < 4.78 is 106. The van der Waals surface area contributed by atoms with Crippen LogP contribution in [0.3, 0.4) is 0 Å². The zero-order valence-electron chi connectivity index (χ0n) is 31.3. The fraction of sp³-hybridized carbons (Fsp3) is 0.190. The molecule has 0 aliphatic heterocycles. The first-order valence-corrected chi connectivity index (χ1v) is 19.1. The van der Waals surface area contributed by atoms with Gasteiger partial charge in [-0.2, -0.15) is 26.3 Å². The Kier molecular flexibility index (Phi) is 14.8. The van der Waals surface area contributed by atoms with Crippen molar-refractivity contribution in [2.24, 2.45) is 0 Å². The predicted molar refractivity (Wildman–Crippen MR) is 211 cm³/mol. The van der Waals surface area contributed by atoms with Crippen molar-refractivity contribution >= 4 is 46.9 Å². The lowest BCUT2D eigenvalue weighted by atomic mass is 10.1. The van der Waals surface area contributed by atoms with E-state index < -0.39 is 54.6 Å². The SMILES string of the molecule is Cc1cc(OCc2cc(-c3ccc(Cl)cc3)oc2C(F)(F)F)ccc1OCC(=O)O.Cc1oc(-c2ccc(Cl)cc2)cc1CSc1ccc(OCC(=O)O)c(C(F)(F)F)c1. The Hall–Kier alpha value is -5.71. The molecule has 0 aliphatic carbocycles. The number of hydrogen-bond donors (Lipinski definition) is 2. The first-order valence-electron chi connectivity index (χ1n) is 17.3. The van der Waals surface area contributed by atoms with E-state index >= 15 is 0 Å². The van der Waals surface area contributed by atoms with Gasteiger partial charge in [0.05, 0.1) is 5.56 Å². The molecule has 6 aromatic rings. The van der Waals surface area contributed by atoms with Crippen LogP contribution in [0, 0.1) is 13.8 Å². The van der Waals surface area contributed by atoms with Crippen LogP contribution in [0.2, 0.25) is 10.0 Å². The Bertz CT molecular complexity index is 2430. The first-order chi connectivity index (χ1) is 28.3. The van der Waals surface area contributed by atoms with Crippen molar-refractivity contribution in [2.75, 3.05) is 13.2 Å². The smallest absolute Gasteiger partial charge is 0.449 e. The average Bonchev–Trinajstić information content (AvgIpc) is 3.79. The second-order valence-corrected chi connectivity index (χ2v) is 14.6. The Morgan fingerprint density at radius 2 is 1.18 bits per heavy atom. The maximum absolute atomic E-state index is 13.4. The van der Waals surface area contributed by atoms with E-state index in [4.69, 9.17) is 56.5 Å². The second-order valence-electron chi connectivity index (χ2n) is 12.7. The summed E-state index contributed by atoms with van der Waals surface area (Å²) in [6.07, 6.45) is -9.36. The number of benzene rings is 4. The van der Waals surface area contributed by atoms with Crippen molar-refractivity contribution in [3.63, 3.8) is 0 Å². The minimum atomic E-state index is -4.69. The van der Waals surface area contributed by atoms with E-state index in [9.17, 15) is 35.9 Å². The molecular weight excluding hydrogens is 865 g/mol.